The van der Waals surface area contributed by atoms with E-state index in [4.69, 9.17) is 11.6 Å². The van der Waals surface area contributed by atoms with Gasteiger partial charge in [0.25, 0.3) is 0 Å². The highest BCUT2D eigenvalue weighted by Crippen LogP contribution is 2.30. The van der Waals surface area contributed by atoms with Gasteiger partial charge in [0.15, 0.2) is 0 Å². The number of carbonyl (C=O) groups excluding carboxylic acids is 1. The van der Waals surface area contributed by atoms with Gasteiger partial charge in [-0.3, -0.25) is 4.79 Å². The summed E-state index contributed by atoms with van der Waals surface area (Å²) in [6, 6.07) is 7.82. The molecule has 1 aromatic carbocycles. The average Bonchev–Trinajstić information content (AvgIpc) is 2.93. The normalized spacial score (nSPS) is 12.4. The van der Waals surface area contributed by atoms with Crippen molar-refractivity contribution >= 4 is 28.8 Å². The zero-order chi connectivity index (χ0) is 16.8. The van der Waals surface area contributed by atoms with Crippen molar-refractivity contribution in [3.8, 4) is 10.6 Å². The van der Waals surface area contributed by atoms with Gasteiger partial charge in [0.1, 0.15) is 5.01 Å². The van der Waals surface area contributed by atoms with E-state index in [9.17, 15) is 4.79 Å². The summed E-state index contributed by atoms with van der Waals surface area (Å²) in [7, 11) is 0. The molecule has 1 heterocycles. The van der Waals surface area contributed by atoms with Gasteiger partial charge >= 0.3 is 0 Å². The number of halogens is 1. The van der Waals surface area contributed by atoms with E-state index in [-0.39, 0.29) is 11.9 Å². The van der Waals surface area contributed by atoms with E-state index in [0.29, 0.717) is 17.4 Å². The molecule has 1 amide bonds. The van der Waals surface area contributed by atoms with E-state index in [0.717, 1.165) is 29.1 Å². The van der Waals surface area contributed by atoms with Gasteiger partial charge in [-0.1, -0.05) is 43.6 Å². The molecule has 1 N–H and O–H groups in total. The molecule has 1 unspecified atom stereocenters. The van der Waals surface area contributed by atoms with Crippen LogP contribution in [0.2, 0.25) is 5.02 Å². The first-order valence-electron chi connectivity index (χ1n) is 7.94. The quantitative estimate of drug-likeness (QED) is 0.767. The lowest BCUT2D eigenvalue weighted by molar-refractivity contribution is -0.121. The topological polar surface area (TPSA) is 42.0 Å². The maximum atomic E-state index is 12.1. The molecule has 0 aliphatic carbocycles. The maximum Gasteiger partial charge on any atom is 0.226 e. The number of hydrogen-bond donors (Lipinski definition) is 1. The molecular formula is C18H23ClN2OS. The smallest absolute Gasteiger partial charge is 0.226 e. The fraction of sp³-hybridized carbons (Fsp3) is 0.444. The minimum absolute atomic E-state index is 0.0252. The highest BCUT2D eigenvalue weighted by Gasteiger charge is 2.13. The molecule has 0 spiro atoms. The van der Waals surface area contributed by atoms with Gasteiger partial charge in [-0.15, -0.1) is 11.3 Å². The molecule has 1 atom stereocenters. The van der Waals surface area contributed by atoms with Gasteiger partial charge in [0, 0.05) is 17.0 Å². The Kier molecular flexibility index (Phi) is 6.60. The van der Waals surface area contributed by atoms with E-state index < -0.39 is 0 Å². The van der Waals surface area contributed by atoms with E-state index >= 15 is 0 Å². The van der Waals surface area contributed by atoms with Gasteiger partial charge in [-0.25, -0.2) is 4.98 Å². The molecule has 1 aromatic heterocycles. The second kappa shape index (κ2) is 8.46. The molecular weight excluding hydrogens is 328 g/mol. The fourth-order valence-electron chi connectivity index (χ4n) is 2.29. The lowest BCUT2D eigenvalue weighted by Crippen LogP contribution is -2.33. The van der Waals surface area contributed by atoms with Crippen molar-refractivity contribution in [1.82, 2.24) is 10.3 Å². The molecule has 2 aromatic rings. The van der Waals surface area contributed by atoms with Crippen LogP contribution in [0, 0.1) is 5.92 Å². The third-order valence-electron chi connectivity index (χ3n) is 3.58. The van der Waals surface area contributed by atoms with Crippen LogP contribution in [-0.2, 0) is 11.2 Å². The Hall–Kier alpha value is -1.39. The predicted molar refractivity (Wildman–Crippen MR) is 97.9 cm³/mol. The third kappa shape index (κ3) is 5.63. The molecule has 0 aliphatic heterocycles. The lowest BCUT2D eigenvalue weighted by Gasteiger charge is -2.14. The lowest BCUT2D eigenvalue weighted by atomic mass is 10.0. The Bertz CT molecular complexity index is 654. The zero-order valence-corrected chi connectivity index (χ0v) is 15.4. The first-order valence-corrected chi connectivity index (χ1v) is 9.20. The van der Waals surface area contributed by atoms with E-state index in [2.05, 4.69) is 31.1 Å². The highest BCUT2D eigenvalue weighted by molar-refractivity contribution is 7.13. The first kappa shape index (κ1) is 18.0. The summed E-state index contributed by atoms with van der Waals surface area (Å²) in [5, 5.41) is 6.51. The molecule has 0 saturated carbocycles. The van der Waals surface area contributed by atoms with Gasteiger partial charge < -0.3 is 5.32 Å². The van der Waals surface area contributed by atoms with Crippen LogP contribution >= 0.6 is 22.9 Å². The molecule has 2 rings (SSSR count). The minimum atomic E-state index is 0.0252. The molecule has 0 radical (unpaired) electrons. The Labute approximate surface area is 147 Å². The second-order valence-corrected chi connectivity index (χ2v) is 7.51. The van der Waals surface area contributed by atoms with E-state index in [1.54, 1.807) is 0 Å². The minimum Gasteiger partial charge on any atom is -0.353 e. The van der Waals surface area contributed by atoms with Gasteiger partial charge in [-0.05, 0) is 31.7 Å². The van der Waals surface area contributed by atoms with Crippen LogP contribution < -0.4 is 5.32 Å². The number of benzene rings is 1. The van der Waals surface area contributed by atoms with Crippen molar-refractivity contribution in [1.29, 1.82) is 0 Å². The number of hydrogen-bond acceptors (Lipinski definition) is 3. The monoisotopic (exact) mass is 350 g/mol. The Morgan fingerprint density at radius 1 is 1.26 bits per heavy atom. The zero-order valence-electron chi connectivity index (χ0n) is 13.8. The molecule has 3 nitrogen and oxygen atoms in total. The van der Waals surface area contributed by atoms with Crippen LogP contribution in [0.1, 0.15) is 39.3 Å². The summed E-state index contributed by atoms with van der Waals surface area (Å²) in [4.78, 5) is 16.6. The summed E-state index contributed by atoms with van der Waals surface area (Å²) in [5.41, 5.74) is 1.70. The molecule has 0 bridgehead atoms. The molecule has 124 valence electrons. The number of nitrogens with zero attached hydrogens (tertiary/aromatic N) is 1. The number of carbonyl (C=O) groups is 1. The number of nitrogens with one attached hydrogen (secondary N) is 1. The SMILES string of the molecule is CC(C)CCC(C)NC(=O)Cc1csc(-c2ccccc2Cl)n1. The van der Waals surface area contributed by atoms with Crippen LogP contribution in [0.4, 0.5) is 0 Å². The maximum absolute atomic E-state index is 12.1. The fourth-order valence-corrected chi connectivity index (χ4v) is 3.43. The molecule has 0 fully saturated rings. The Morgan fingerprint density at radius 3 is 2.70 bits per heavy atom. The first-order chi connectivity index (χ1) is 11.0. The van der Waals surface area contributed by atoms with E-state index in [1.807, 2.05) is 29.6 Å². The van der Waals surface area contributed by atoms with Crippen LogP contribution in [0.25, 0.3) is 10.6 Å². The van der Waals surface area contributed by atoms with Crippen LogP contribution in [-0.4, -0.2) is 16.9 Å². The van der Waals surface area contributed by atoms with Crippen LogP contribution in [0.15, 0.2) is 29.6 Å². The summed E-state index contributed by atoms with van der Waals surface area (Å²) in [6.07, 6.45) is 2.44. The highest BCUT2D eigenvalue weighted by atomic mass is 35.5. The summed E-state index contributed by atoms with van der Waals surface area (Å²) in [5.74, 6) is 0.684. The van der Waals surface area contributed by atoms with Crippen molar-refractivity contribution in [3.63, 3.8) is 0 Å². The van der Waals surface area contributed by atoms with Crippen LogP contribution in [0.3, 0.4) is 0 Å². The summed E-state index contributed by atoms with van der Waals surface area (Å²) < 4.78 is 0. The molecule has 5 heteroatoms. The Morgan fingerprint density at radius 2 is 2.00 bits per heavy atom. The van der Waals surface area contributed by atoms with Crippen molar-refractivity contribution in [2.75, 3.05) is 0 Å². The van der Waals surface area contributed by atoms with Crippen molar-refractivity contribution in [2.45, 2.75) is 46.1 Å². The summed E-state index contributed by atoms with van der Waals surface area (Å²) in [6.45, 7) is 6.44. The van der Waals surface area contributed by atoms with Crippen molar-refractivity contribution < 1.29 is 4.79 Å². The molecule has 23 heavy (non-hydrogen) atoms. The van der Waals surface area contributed by atoms with Gasteiger partial charge in [-0.2, -0.15) is 0 Å². The van der Waals surface area contributed by atoms with E-state index in [1.165, 1.54) is 11.3 Å². The third-order valence-corrected chi connectivity index (χ3v) is 4.84. The predicted octanol–water partition coefficient (Wildman–Crippen LogP) is 4.95. The largest absolute Gasteiger partial charge is 0.353 e. The van der Waals surface area contributed by atoms with Gasteiger partial charge in [0.2, 0.25) is 5.91 Å². The van der Waals surface area contributed by atoms with Crippen molar-refractivity contribution in [2.24, 2.45) is 5.92 Å². The number of aromatic nitrogens is 1. The van der Waals surface area contributed by atoms with Gasteiger partial charge in [0.05, 0.1) is 17.1 Å². The average molecular weight is 351 g/mol. The number of rotatable bonds is 7. The summed E-state index contributed by atoms with van der Waals surface area (Å²) >= 11 is 7.71. The number of thiazole rings is 1. The van der Waals surface area contributed by atoms with Crippen molar-refractivity contribution in [3.05, 3.63) is 40.4 Å². The standard InChI is InChI=1S/C18H23ClN2OS/c1-12(2)8-9-13(3)20-17(22)10-14-11-23-18(21-14)15-6-4-5-7-16(15)19/h4-7,11-13H,8-10H2,1-3H3,(H,20,22). The number of amides is 1. The molecule has 0 aliphatic rings. The van der Waals surface area contributed by atoms with Crippen LogP contribution in [0.5, 0.6) is 0 Å². The molecule has 0 saturated heterocycles. The second-order valence-electron chi connectivity index (χ2n) is 6.24. The Balaban J connectivity index is 1.91.